The van der Waals surface area contributed by atoms with Crippen molar-refractivity contribution in [2.75, 3.05) is 42.2 Å². The zero-order chi connectivity index (χ0) is 44.1. The Hall–Kier alpha value is -6.16. The van der Waals surface area contributed by atoms with Gasteiger partial charge in [-0.25, -0.2) is 21.5 Å². The number of aromatic nitrogens is 4. The smallest absolute Gasteiger partial charge is 0.314 e. The summed E-state index contributed by atoms with van der Waals surface area (Å²) < 4.78 is 114. The van der Waals surface area contributed by atoms with Crippen molar-refractivity contribution >= 4 is 45.6 Å². The van der Waals surface area contributed by atoms with Crippen molar-refractivity contribution < 1.29 is 53.2 Å². The van der Waals surface area contributed by atoms with Crippen LogP contribution < -0.4 is 15.1 Å². The molecule has 2 aromatic heterocycles. The monoisotopic (exact) mass is 918 g/mol. The summed E-state index contributed by atoms with van der Waals surface area (Å²) in [5.41, 5.74) is 1.96. The molecule has 63 heavy (non-hydrogen) atoms. The van der Waals surface area contributed by atoms with Gasteiger partial charge >= 0.3 is 12.9 Å². The molecule has 0 saturated carbocycles. The van der Waals surface area contributed by atoms with Crippen LogP contribution in [0.3, 0.4) is 0 Å². The van der Waals surface area contributed by atoms with Crippen molar-refractivity contribution in [3.05, 3.63) is 132 Å². The molecule has 4 heterocycles. The minimum atomic E-state index is -3.39. The number of amides is 2. The van der Waals surface area contributed by atoms with Crippen molar-refractivity contribution in [2.45, 2.75) is 25.9 Å². The van der Waals surface area contributed by atoms with Gasteiger partial charge in [0.1, 0.15) is 11.6 Å². The molecule has 2 fully saturated rings. The van der Waals surface area contributed by atoms with Gasteiger partial charge in [0.05, 0.1) is 31.2 Å². The number of hydrogen-bond donors (Lipinski definition) is 1. The molecule has 4 aromatic carbocycles. The highest BCUT2D eigenvalue weighted by molar-refractivity contribution is 7.88. The van der Waals surface area contributed by atoms with Crippen LogP contribution in [-0.2, 0) is 32.7 Å². The summed E-state index contributed by atoms with van der Waals surface area (Å²) in [5.74, 6) is -4.52. The van der Waals surface area contributed by atoms with E-state index < -0.39 is 52.2 Å². The van der Waals surface area contributed by atoms with Crippen molar-refractivity contribution in [1.82, 2.24) is 30.0 Å². The van der Waals surface area contributed by atoms with Crippen molar-refractivity contribution in [2.24, 2.45) is 11.8 Å². The van der Waals surface area contributed by atoms with Gasteiger partial charge in [-0.1, -0.05) is 48.5 Å². The number of para-hydroxylation sites is 2. The molecule has 0 unspecified atom stereocenters. The van der Waals surface area contributed by atoms with Gasteiger partial charge in [-0.2, -0.15) is 17.6 Å². The number of rotatable bonds is 13. The lowest BCUT2D eigenvalue weighted by atomic mass is 10.0. The van der Waals surface area contributed by atoms with E-state index in [1.54, 1.807) is 47.4 Å². The summed E-state index contributed by atoms with van der Waals surface area (Å²) in [6.45, 7) is 1.23. The number of carbonyl (C=O) groups excluding carboxylic acids is 2. The fourth-order valence-electron chi connectivity index (χ4n) is 6.41. The predicted molar refractivity (Wildman–Crippen MR) is 218 cm³/mol. The van der Waals surface area contributed by atoms with Crippen LogP contribution in [0.2, 0.25) is 0 Å². The molecule has 0 bridgehead atoms. The van der Waals surface area contributed by atoms with Crippen LogP contribution in [0, 0.1) is 23.5 Å². The Kier molecular flexibility index (Phi) is 14.6. The van der Waals surface area contributed by atoms with E-state index >= 15 is 0 Å². The first-order chi connectivity index (χ1) is 29.7. The number of carbonyl (C=O) groups is 2. The van der Waals surface area contributed by atoms with Crippen LogP contribution in [0.5, 0.6) is 0 Å². The predicted octanol–water partition coefficient (Wildman–Crippen LogP) is 7.23. The first-order valence-corrected chi connectivity index (χ1v) is 20.7. The maximum absolute atomic E-state index is 14.9. The van der Waals surface area contributed by atoms with Gasteiger partial charge in [0.2, 0.25) is 33.6 Å². The van der Waals surface area contributed by atoms with Gasteiger partial charge in [0.25, 0.3) is 11.8 Å². The summed E-state index contributed by atoms with van der Waals surface area (Å²) in [5, 5.41) is 16.6. The van der Waals surface area contributed by atoms with Crippen LogP contribution in [0.25, 0.3) is 22.9 Å². The van der Waals surface area contributed by atoms with Crippen LogP contribution >= 0.6 is 12.4 Å². The maximum Gasteiger partial charge on any atom is 0.314 e. The number of hydrogen-bond acceptors (Lipinski definition) is 11. The minimum absolute atomic E-state index is 0. The number of anilines is 2. The summed E-state index contributed by atoms with van der Waals surface area (Å²) in [6.07, 6.45) is -4.76. The molecule has 14 nitrogen and oxygen atoms in total. The number of sulfonamides is 1. The van der Waals surface area contributed by atoms with Gasteiger partial charge in [-0.15, -0.1) is 32.8 Å². The Labute approximate surface area is 362 Å². The lowest BCUT2D eigenvalue weighted by molar-refractivity contribution is -0.125. The van der Waals surface area contributed by atoms with Gasteiger partial charge in [-0.05, 0) is 48.5 Å². The van der Waals surface area contributed by atoms with Gasteiger partial charge < -0.3 is 24.0 Å². The molecule has 0 radical (unpaired) electrons. The Morgan fingerprint density at radius 2 is 1.10 bits per heavy atom. The van der Waals surface area contributed by atoms with E-state index in [1.807, 2.05) is 18.2 Å². The zero-order valence-corrected chi connectivity index (χ0v) is 34.6. The van der Waals surface area contributed by atoms with E-state index in [2.05, 4.69) is 25.7 Å². The lowest BCUT2D eigenvalue weighted by Crippen LogP contribution is -2.56. The van der Waals surface area contributed by atoms with Crippen molar-refractivity contribution in [3.8, 4) is 22.9 Å². The zero-order valence-electron chi connectivity index (χ0n) is 33.0. The van der Waals surface area contributed by atoms with E-state index in [0.717, 1.165) is 18.4 Å². The van der Waals surface area contributed by atoms with Crippen LogP contribution in [0.1, 0.15) is 35.8 Å². The van der Waals surface area contributed by atoms with E-state index in [-0.39, 0.29) is 90.4 Å². The van der Waals surface area contributed by atoms with E-state index in [4.69, 9.17) is 8.83 Å². The molecule has 0 spiro atoms. The number of halogens is 7. The van der Waals surface area contributed by atoms with Crippen molar-refractivity contribution in [1.29, 1.82) is 0 Å². The first-order valence-electron chi connectivity index (χ1n) is 18.9. The molecule has 6 aromatic rings. The molecule has 2 aliphatic heterocycles. The number of nitrogens with zero attached hydrogens (tertiary/aromatic N) is 7. The molecule has 8 rings (SSSR count). The Morgan fingerprint density at radius 1 is 0.683 bits per heavy atom. The highest BCUT2D eigenvalue weighted by Gasteiger charge is 2.40. The largest absolute Gasteiger partial charge is 0.415 e. The van der Waals surface area contributed by atoms with E-state index in [1.165, 1.54) is 33.5 Å². The second-order valence-corrected chi connectivity index (χ2v) is 16.2. The minimum Gasteiger partial charge on any atom is -0.415 e. The summed E-state index contributed by atoms with van der Waals surface area (Å²) in [4.78, 5) is 28.9. The summed E-state index contributed by atoms with van der Waals surface area (Å²) in [6, 6.07) is 25.7. The molecular weight excluding hydrogens is 882 g/mol. The van der Waals surface area contributed by atoms with Crippen LogP contribution in [0.4, 0.5) is 37.7 Å². The second kappa shape index (κ2) is 19.9. The molecule has 22 heteroatoms. The fraction of sp³-hybridized carbons (Fsp3) is 0.268. The maximum atomic E-state index is 14.9. The molecule has 0 atom stereocenters. The molecule has 332 valence electrons. The third-order valence-electron chi connectivity index (χ3n) is 9.98. The van der Waals surface area contributed by atoms with Gasteiger partial charge in [0.15, 0.2) is 0 Å². The average molecular weight is 919 g/mol. The van der Waals surface area contributed by atoms with Gasteiger partial charge in [0, 0.05) is 59.8 Å². The second-order valence-electron chi connectivity index (χ2n) is 14.3. The average Bonchev–Trinajstić information content (AvgIpc) is 3.91. The molecule has 1 N–H and O–H groups in total. The molecule has 2 aliphatic rings. The SMILES string of the molecule is CS(=O)(=O)N1CC(C(=O)N(Cc2ccc(-c3nnc(C(F)F)o3)cc2F)c2ccccc2)C1.Cl.O=C(C1CNC1)N(Cc1ccc(-c2nnc(C(F)F)o2)cc1F)c1ccccc1. The van der Waals surface area contributed by atoms with Crippen molar-refractivity contribution in [3.63, 3.8) is 0 Å². The number of benzene rings is 4. The molecular formula is C41H37ClF6N8O6S. The number of alkyl halides is 4. The third-order valence-corrected chi connectivity index (χ3v) is 11.2. The van der Waals surface area contributed by atoms with Crippen LogP contribution in [-0.4, -0.2) is 77.4 Å². The van der Waals surface area contributed by atoms with Gasteiger partial charge in [-0.3, -0.25) is 9.59 Å². The normalized spacial score (nSPS) is 14.3. The summed E-state index contributed by atoms with van der Waals surface area (Å²) >= 11 is 0. The Bertz CT molecular complexity index is 2630. The highest BCUT2D eigenvalue weighted by atomic mass is 35.5. The molecule has 0 aliphatic carbocycles. The summed E-state index contributed by atoms with van der Waals surface area (Å²) in [7, 11) is -3.39. The lowest BCUT2D eigenvalue weighted by Gasteiger charge is -2.39. The standard InChI is InChI=1S/C21H19F3N4O4S.C20H17F3N4O2.ClH/c1-33(30,31)27-10-15(11-27)21(29)28(16-5-3-2-4-6-16)12-14-8-7-13(9-17(14)22)19-25-26-20(32-19)18(23)24;21-16-8-12(18-25-26-19(29-18)17(22)23)6-7-13(16)11-27(15-4-2-1-3-5-15)20(28)14-9-24-10-14;/h2-9,15,18H,10-12H2,1H3;1-8,14,17,24H,9-11H2;1H. The van der Waals surface area contributed by atoms with E-state index in [0.29, 0.717) is 24.5 Å². The van der Waals surface area contributed by atoms with Crippen LogP contribution in [0.15, 0.2) is 106 Å². The number of nitrogens with one attached hydrogen (secondary N) is 1. The first kappa shape index (κ1) is 46.3. The Balaban J connectivity index is 0.000000208. The van der Waals surface area contributed by atoms with E-state index in [9.17, 15) is 44.3 Å². The molecule has 2 amide bonds. The highest BCUT2D eigenvalue weighted by Crippen LogP contribution is 2.30. The quantitative estimate of drug-likeness (QED) is 0.116. The fourth-order valence-corrected chi connectivity index (χ4v) is 7.32. The molecule has 2 saturated heterocycles. The Morgan fingerprint density at radius 3 is 1.43 bits per heavy atom. The third kappa shape index (κ3) is 10.9. The topological polar surface area (TPSA) is 168 Å².